The van der Waals surface area contributed by atoms with Crippen LogP contribution in [0.2, 0.25) is 0 Å². The molecular weight excluding hydrogens is 383 g/mol. The van der Waals surface area contributed by atoms with Gasteiger partial charge in [0.1, 0.15) is 17.8 Å². The van der Waals surface area contributed by atoms with Crippen LogP contribution in [0.1, 0.15) is 19.3 Å². The number of fused-ring (bicyclic) bond motifs is 1. The third kappa shape index (κ3) is 4.18. The summed E-state index contributed by atoms with van der Waals surface area (Å²) in [7, 11) is 0. The Labute approximate surface area is 165 Å². The number of hydrogen-bond donors (Lipinski definition) is 2. The predicted octanol–water partition coefficient (Wildman–Crippen LogP) is 3.66. The van der Waals surface area contributed by atoms with E-state index >= 15 is 0 Å². The quantitative estimate of drug-likeness (QED) is 0.615. The van der Waals surface area contributed by atoms with Crippen molar-refractivity contribution in [2.75, 3.05) is 29.9 Å². The Balaban J connectivity index is 1.36. The first-order valence-corrected chi connectivity index (χ1v) is 9.44. The van der Waals surface area contributed by atoms with Gasteiger partial charge in [0.25, 0.3) is 0 Å². The minimum absolute atomic E-state index is 0.0378. The van der Waals surface area contributed by atoms with Crippen LogP contribution in [0.4, 0.5) is 24.7 Å². The van der Waals surface area contributed by atoms with Gasteiger partial charge in [0.15, 0.2) is 23.2 Å². The van der Waals surface area contributed by atoms with Gasteiger partial charge >= 0.3 is 0 Å². The number of aromatic nitrogens is 3. The van der Waals surface area contributed by atoms with E-state index in [1.165, 1.54) is 6.33 Å². The van der Waals surface area contributed by atoms with E-state index in [9.17, 15) is 18.0 Å². The standard InChI is InChI=1S/C20H20F3N5O/c21-16-7-13(8-17(22)18(16)23)25-9-14(29)6-12-2-1-5-28(10-12)20-15-3-4-24-19(15)26-11-27-20/h3-4,7-8,11-12,25H,1-2,5-6,9-10H2,(H,24,26,27)/t12-/m0/s1. The van der Waals surface area contributed by atoms with Crippen LogP contribution < -0.4 is 10.2 Å². The third-order valence-electron chi connectivity index (χ3n) is 5.14. The zero-order chi connectivity index (χ0) is 20.4. The van der Waals surface area contributed by atoms with Gasteiger partial charge in [0.2, 0.25) is 0 Å². The molecular formula is C20H20F3N5O. The van der Waals surface area contributed by atoms with Crippen LogP contribution in [0, 0.1) is 23.4 Å². The van der Waals surface area contributed by atoms with Crippen molar-refractivity contribution >= 4 is 28.3 Å². The zero-order valence-corrected chi connectivity index (χ0v) is 15.6. The second-order valence-electron chi connectivity index (χ2n) is 7.24. The lowest BCUT2D eigenvalue weighted by molar-refractivity contribution is -0.118. The van der Waals surface area contributed by atoms with Crippen LogP contribution in [0.3, 0.4) is 0 Å². The molecule has 3 heterocycles. The zero-order valence-electron chi connectivity index (χ0n) is 15.6. The van der Waals surface area contributed by atoms with Gasteiger partial charge in [-0.3, -0.25) is 4.79 Å². The molecule has 1 aromatic carbocycles. The summed E-state index contributed by atoms with van der Waals surface area (Å²) in [5, 5.41) is 3.62. The number of Topliss-reactive ketones (excluding diaryl/α,β-unsaturated/α-hetero) is 1. The van der Waals surface area contributed by atoms with Gasteiger partial charge in [0.05, 0.1) is 11.9 Å². The fourth-order valence-electron chi connectivity index (χ4n) is 3.79. The van der Waals surface area contributed by atoms with Gasteiger partial charge < -0.3 is 15.2 Å². The highest BCUT2D eigenvalue weighted by Crippen LogP contribution is 2.28. The van der Waals surface area contributed by atoms with E-state index in [-0.39, 0.29) is 23.9 Å². The van der Waals surface area contributed by atoms with Gasteiger partial charge in [-0.05, 0) is 24.8 Å². The number of rotatable bonds is 6. The Morgan fingerprint density at radius 3 is 2.83 bits per heavy atom. The molecule has 0 spiro atoms. The molecule has 0 radical (unpaired) electrons. The molecule has 1 atom stereocenters. The maximum atomic E-state index is 13.3. The van der Waals surface area contributed by atoms with Crippen molar-refractivity contribution in [1.82, 2.24) is 15.0 Å². The van der Waals surface area contributed by atoms with E-state index in [1.54, 1.807) is 0 Å². The number of H-pyrrole nitrogens is 1. The van der Waals surface area contributed by atoms with E-state index in [0.29, 0.717) is 13.0 Å². The predicted molar refractivity (Wildman–Crippen MR) is 103 cm³/mol. The summed E-state index contributed by atoms with van der Waals surface area (Å²) >= 11 is 0. The minimum atomic E-state index is -1.52. The smallest absolute Gasteiger partial charge is 0.194 e. The Morgan fingerprint density at radius 1 is 1.24 bits per heavy atom. The van der Waals surface area contributed by atoms with Crippen molar-refractivity contribution < 1.29 is 18.0 Å². The summed E-state index contributed by atoms with van der Waals surface area (Å²) in [4.78, 5) is 26.2. The largest absolute Gasteiger partial charge is 0.378 e. The summed E-state index contributed by atoms with van der Waals surface area (Å²) in [6.45, 7) is 1.48. The molecule has 1 fully saturated rings. The van der Waals surface area contributed by atoms with Crippen molar-refractivity contribution in [3.8, 4) is 0 Å². The summed E-state index contributed by atoms with van der Waals surface area (Å²) < 4.78 is 39.6. The van der Waals surface area contributed by atoms with E-state index in [2.05, 4.69) is 25.2 Å². The van der Waals surface area contributed by atoms with Crippen LogP contribution in [0.15, 0.2) is 30.7 Å². The molecule has 0 saturated carbocycles. The molecule has 1 aliphatic heterocycles. The molecule has 0 unspecified atom stereocenters. The van der Waals surface area contributed by atoms with Crippen LogP contribution in [0.25, 0.3) is 11.0 Å². The number of anilines is 2. The Morgan fingerprint density at radius 2 is 2.03 bits per heavy atom. The SMILES string of the molecule is O=C(CNc1cc(F)c(F)c(F)c1)C[C@@H]1CCCN(c2ncnc3[nH]ccc23)C1. The number of benzene rings is 1. The number of aromatic amines is 1. The van der Waals surface area contributed by atoms with Gasteiger partial charge in [-0.15, -0.1) is 0 Å². The number of ketones is 1. The number of hydrogen-bond acceptors (Lipinski definition) is 5. The second kappa shape index (κ2) is 8.10. The van der Waals surface area contributed by atoms with Crippen molar-refractivity contribution in [2.24, 2.45) is 5.92 Å². The normalized spacial score (nSPS) is 16.9. The van der Waals surface area contributed by atoms with Crippen molar-refractivity contribution in [3.63, 3.8) is 0 Å². The minimum Gasteiger partial charge on any atom is -0.378 e. The lowest BCUT2D eigenvalue weighted by atomic mass is 9.92. The van der Waals surface area contributed by atoms with Gasteiger partial charge in [-0.25, -0.2) is 23.1 Å². The first-order valence-electron chi connectivity index (χ1n) is 9.44. The van der Waals surface area contributed by atoms with Gasteiger partial charge in [-0.1, -0.05) is 0 Å². The molecule has 0 aliphatic carbocycles. The molecule has 1 aliphatic rings. The summed E-state index contributed by atoms with van der Waals surface area (Å²) in [6, 6.07) is 3.61. The molecule has 29 heavy (non-hydrogen) atoms. The van der Waals surface area contributed by atoms with E-state index in [4.69, 9.17) is 0 Å². The lowest BCUT2D eigenvalue weighted by Gasteiger charge is -2.33. The van der Waals surface area contributed by atoms with Gasteiger partial charge in [0, 0.05) is 43.5 Å². The van der Waals surface area contributed by atoms with Crippen LogP contribution in [-0.4, -0.2) is 40.4 Å². The number of nitrogens with one attached hydrogen (secondary N) is 2. The molecule has 0 bridgehead atoms. The molecule has 2 aromatic heterocycles. The molecule has 1 saturated heterocycles. The number of nitrogens with zero attached hydrogens (tertiary/aromatic N) is 3. The molecule has 3 aromatic rings. The number of carbonyl (C=O) groups excluding carboxylic acids is 1. The first kappa shape index (κ1) is 19.2. The number of carbonyl (C=O) groups is 1. The topological polar surface area (TPSA) is 73.9 Å². The van der Waals surface area contributed by atoms with Crippen molar-refractivity contribution in [1.29, 1.82) is 0 Å². The Kier molecular flexibility index (Phi) is 5.37. The molecule has 6 nitrogen and oxygen atoms in total. The highest BCUT2D eigenvalue weighted by molar-refractivity contribution is 5.87. The van der Waals surface area contributed by atoms with Gasteiger partial charge in [-0.2, -0.15) is 0 Å². The average Bonchev–Trinajstić information content (AvgIpc) is 3.19. The fourth-order valence-corrected chi connectivity index (χ4v) is 3.79. The molecule has 9 heteroatoms. The Bertz CT molecular complexity index is 1010. The van der Waals surface area contributed by atoms with Crippen molar-refractivity contribution in [3.05, 3.63) is 48.2 Å². The molecule has 152 valence electrons. The highest BCUT2D eigenvalue weighted by atomic mass is 19.2. The van der Waals surface area contributed by atoms with E-state index < -0.39 is 17.5 Å². The monoisotopic (exact) mass is 403 g/mol. The summed E-state index contributed by atoms with van der Waals surface area (Å²) in [5.41, 5.74) is 0.812. The molecule has 0 amide bonds. The van der Waals surface area contributed by atoms with Crippen LogP contribution >= 0.6 is 0 Å². The fraction of sp³-hybridized carbons (Fsp3) is 0.350. The summed E-state index contributed by atoms with van der Waals surface area (Å²) in [6.07, 6.45) is 5.55. The van der Waals surface area contributed by atoms with E-state index in [0.717, 1.165) is 48.4 Å². The van der Waals surface area contributed by atoms with Crippen LogP contribution in [-0.2, 0) is 4.79 Å². The molecule has 4 rings (SSSR count). The maximum absolute atomic E-state index is 13.3. The maximum Gasteiger partial charge on any atom is 0.194 e. The van der Waals surface area contributed by atoms with Crippen LogP contribution in [0.5, 0.6) is 0 Å². The highest BCUT2D eigenvalue weighted by Gasteiger charge is 2.24. The second-order valence-corrected chi connectivity index (χ2v) is 7.24. The third-order valence-corrected chi connectivity index (χ3v) is 5.14. The first-order chi connectivity index (χ1) is 14.0. The van der Waals surface area contributed by atoms with Crippen molar-refractivity contribution in [2.45, 2.75) is 19.3 Å². The number of halogens is 3. The number of piperidine rings is 1. The summed E-state index contributed by atoms with van der Waals surface area (Å²) in [5.74, 6) is -3.16. The van der Waals surface area contributed by atoms with E-state index in [1.807, 2.05) is 12.3 Å². The lowest BCUT2D eigenvalue weighted by Crippen LogP contribution is -2.37. The average molecular weight is 403 g/mol. The molecule has 2 N–H and O–H groups in total. The Hall–Kier alpha value is -3.10.